The van der Waals surface area contributed by atoms with Crippen LogP contribution in [0.1, 0.15) is 23.6 Å². The third kappa shape index (κ3) is 4.32. The third-order valence-electron chi connectivity index (χ3n) is 4.09. The number of aliphatic hydroxyl groups is 1. The summed E-state index contributed by atoms with van der Waals surface area (Å²) in [6, 6.07) is 20.6. The van der Waals surface area contributed by atoms with Crippen LogP contribution >= 0.6 is 12.6 Å². The van der Waals surface area contributed by atoms with Crippen LogP contribution in [0.5, 0.6) is 0 Å². The first kappa shape index (κ1) is 16.9. The molecule has 0 aliphatic carbocycles. The second-order valence-corrected chi connectivity index (χ2v) is 6.34. The van der Waals surface area contributed by atoms with Gasteiger partial charge < -0.3 is 15.7 Å². The van der Waals surface area contributed by atoms with Gasteiger partial charge in [0.2, 0.25) is 0 Å². The number of aliphatic hydroxyl groups excluding tert-OH is 1. The van der Waals surface area contributed by atoms with E-state index in [0.717, 1.165) is 12.2 Å². The van der Waals surface area contributed by atoms with Gasteiger partial charge >= 0.3 is 0 Å². The maximum absolute atomic E-state index is 10.0. The van der Waals surface area contributed by atoms with Gasteiger partial charge in [0.25, 0.3) is 0 Å². The monoisotopic (exact) mass is 341 g/mol. The van der Waals surface area contributed by atoms with Crippen molar-refractivity contribution in [1.29, 1.82) is 0 Å². The Balaban J connectivity index is 1.77. The van der Waals surface area contributed by atoms with Crippen LogP contribution in [0, 0.1) is 0 Å². The van der Waals surface area contributed by atoms with Crippen LogP contribution in [-0.4, -0.2) is 23.7 Å². The zero-order valence-corrected chi connectivity index (χ0v) is 14.3. The SMILES string of the molecule is OC1=C(NC(S)NC(c2ccccc2)c2ccccc2)CNCC1. The minimum absolute atomic E-state index is 0.0155. The molecule has 3 rings (SSSR count). The lowest BCUT2D eigenvalue weighted by molar-refractivity contribution is 0.351. The largest absolute Gasteiger partial charge is 0.510 e. The lowest BCUT2D eigenvalue weighted by Gasteiger charge is -2.27. The Morgan fingerprint density at radius 3 is 2.08 bits per heavy atom. The van der Waals surface area contributed by atoms with E-state index < -0.39 is 0 Å². The molecule has 1 unspecified atom stereocenters. The normalized spacial score (nSPS) is 16.2. The molecule has 0 spiro atoms. The van der Waals surface area contributed by atoms with E-state index in [1.54, 1.807) is 0 Å². The summed E-state index contributed by atoms with van der Waals surface area (Å²) in [6.07, 6.45) is 0.642. The van der Waals surface area contributed by atoms with Crippen LogP contribution in [-0.2, 0) is 0 Å². The third-order valence-corrected chi connectivity index (χ3v) is 4.37. The van der Waals surface area contributed by atoms with E-state index in [-0.39, 0.29) is 11.5 Å². The molecule has 5 heteroatoms. The number of nitrogens with one attached hydrogen (secondary N) is 3. The highest BCUT2D eigenvalue weighted by Crippen LogP contribution is 2.22. The van der Waals surface area contributed by atoms with Crippen molar-refractivity contribution in [2.24, 2.45) is 0 Å². The molecular weight excluding hydrogens is 318 g/mol. The van der Waals surface area contributed by atoms with Gasteiger partial charge in [-0.25, -0.2) is 0 Å². The minimum Gasteiger partial charge on any atom is -0.510 e. The molecule has 0 amide bonds. The lowest BCUT2D eigenvalue weighted by atomic mass is 9.99. The molecule has 1 aliphatic heterocycles. The van der Waals surface area contributed by atoms with E-state index in [2.05, 4.69) is 52.8 Å². The Kier molecular flexibility index (Phi) is 5.80. The summed E-state index contributed by atoms with van der Waals surface area (Å²) in [5.41, 5.74) is 2.86. The van der Waals surface area contributed by atoms with E-state index in [1.165, 1.54) is 11.1 Å². The van der Waals surface area contributed by atoms with Crippen LogP contribution in [0.3, 0.4) is 0 Å². The average Bonchev–Trinajstić information content (AvgIpc) is 2.63. The summed E-state index contributed by atoms with van der Waals surface area (Å²) in [4.78, 5) is 0. The van der Waals surface area contributed by atoms with Gasteiger partial charge in [0, 0.05) is 19.5 Å². The van der Waals surface area contributed by atoms with Gasteiger partial charge in [0.15, 0.2) is 0 Å². The van der Waals surface area contributed by atoms with E-state index >= 15 is 0 Å². The summed E-state index contributed by atoms with van der Waals surface area (Å²) >= 11 is 4.63. The van der Waals surface area contributed by atoms with E-state index in [9.17, 15) is 5.11 Å². The summed E-state index contributed by atoms with van der Waals surface area (Å²) in [7, 11) is 0. The van der Waals surface area contributed by atoms with Crippen LogP contribution in [0.4, 0.5) is 0 Å². The first-order chi connectivity index (χ1) is 11.7. The minimum atomic E-state index is -0.285. The van der Waals surface area contributed by atoms with Gasteiger partial charge in [-0.05, 0) is 11.1 Å². The molecular formula is C19H23N3OS. The van der Waals surface area contributed by atoms with Gasteiger partial charge in [0.1, 0.15) is 11.3 Å². The smallest absolute Gasteiger partial charge is 0.123 e. The molecule has 1 atom stereocenters. The standard InChI is InChI=1S/C19H23N3OS/c23-17-11-12-20-13-16(17)21-19(24)22-18(14-7-3-1-4-8-14)15-9-5-2-6-10-15/h1-10,18-24H,11-13H2. The highest BCUT2D eigenvalue weighted by Gasteiger charge is 2.19. The first-order valence-corrected chi connectivity index (χ1v) is 8.68. The van der Waals surface area contributed by atoms with Crippen molar-refractivity contribution in [2.45, 2.75) is 18.0 Å². The van der Waals surface area contributed by atoms with Crippen LogP contribution in [0.2, 0.25) is 0 Å². The Morgan fingerprint density at radius 1 is 0.958 bits per heavy atom. The molecule has 0 saturated carbocycles. The quantitative estimate of drug-likeness (QED) is 0.414. The topological polar surface area (TPSA) is 56.3 Å². The molecule has 1 aliphatic rings. The zero-order chi connectivity index (χ0) is 16.8. The van der Waals surface area contributed by atoms with Crippen molar-refractivity contribution in [1.82, 2.24) is 16.0 Å². The highest BCUT2D eigenvalue weighted by molar-refractivity contribution is 7.80. The second-order valence-electron chi connectivity index (χ2n) is 5.82. The fourth-order valence-electron chi connectivity index (χ4n) is 2.85. The second kappa shape index (κ2) is 8.24. The number of hydrogen-bond acceptors (Lipinski definition) is 5. The van der Waals surface area contributed by atoms with E-state index in [1.807, 2.05) is 36.4 Å². The molecule has 126 valence electrons. The Labute approximate surface area is 148 Å². The number of benzene rings is 2. The molecule has 0 fully saturated rings. The van der Waals surface area contributed by atoms with Crippen molar-refractivity contribution < 1.29 is 5.11 Å². The molecule has 0 saturated heterocycles. The predicted molar refractivity (Wildman–Crippen MR) is 101 cm³/mol. The van der Waals surface area contributed by atoms with Crippen molar-refractivity contribution in [3.63, 3.8) is 0 Å². The maximum atomic E-state index is 10.0. The lowest BCUT2D eigenvalue weighted by Crippen LogP contribution is -2.43. The summed E-state index contributed by atoms with van der Waals surface area (Å²) in [5.74, 6) is 0.408. The Hall–Kier alpha value is -1.95. The number of rotatable bonds is 6. The zero-order valence-electron chi connectivity index (χ0n) is 13.4. The molecule has 0 aromatic heterocycles. The van der Waals surface area contributed by atoms with Crippen molar-refractivity contribution in [2.75, 3.05) is 13.1 Å². The van der Waals surface area contributed by atoms with Crippen molar-refractivity contribution >= 4 is 12.6 Å². The van der Waals surface area contributed by atoms with Gasteiger partial charge in [-0.2, -0.15) is 0 Å². The average molecular weight is 341 g/mol. The molecule has 24 heavy (non-hydrogen) atoms. The summed E-state index contributed by atoms with van der Waals surface area (Å²) in [6.45, 7) is 1.43. The molecule has 2 aromatic rings. The fraction of sp³-hybridized carbons (Fsp3) is 0.263. The molecule has 0 bridgehead atoms. The van der Waals surface area contributed by atoms with Gasteiger partial charge in [-0.1, -0.05) is 60.7 Å². The van der Waals surface area contributed by atoms with Crippen molar-refractivity contribution in [3.8, 4) is 0 Å². The number of thiol groups is 1. The van der Waals surface area contributed by atoms with Crippen molar-refractivity contribution in [3.05, 3.63) is 83.2 Å². The molecule has 0 radical (unpaired) electrons. The molecule has 4 N–H and O–H groups in total. The predicted octanol–water partition coefficient (Wildman–Crippen LogP) is 2.93. The fourth-order valence-corrected chi connectivity index (χ4v) is 3.15. The van der Waals surface area contributed by atoms with Gasteiger partial charge in [0.05, 0.1) is 11.7 Å². The van der Waals surface area contributed by atoms with E-state index in [4.69, 9.17) is 0 Å². The molecule has 1 heterocycles. The van der Waals surface area contributed by atoms with Gasteiger partial charge in [-0.3, -0.25) is 5.32 Å². The van der Waals surface area contributed by atoms with E-state index in [0.29, 0.717) is 18.7 Å². The molecule has 4 nitrogen and oxygen atoms in total. The Bertz CT molecular complexity index is 636. The van der Waals surface area contributed by atoms with Gasteiger partial charge in [-0.15, -0.1) is 12.6 Å². The first-order valence-electron chi connectivity index (χ1n) is 8.16. The van der Waals surface area contributed by atoms with Crippen LogP contribution < -0.4 is 16.0 Å². The summed E-state index contributed by atoms with van der Waals surface area (Å²) < 4.78 is 0. The van der Waals surface area contributed by atoms with Crippen LogP contribution in [0.25, 0.3) is 0 Å². The maximum Gasteiger partial charge on any atom is 0.123 e. The number of hydrogen-bond donors (Lipinski definition) is 5. The van der Waals surface area contributed by atoms with Crippen LogP contribution in [0.15, 0.2) is 72.1 Å². The molecule has 2 aromatic carbocycles. The highest BCUT2D eigenvalue weighted by atomic mass is 32.1. The Morgan fingerprint density at radius 2 is 1.54 bits per heavy atom. The summed E-state index contributed by atoms with van der Waals surface area (Å²) in [5, 5.41) is 20.0.